The van der Waals surface area contributed by atoms with Gasteiger partial charge in [0.1, 0.15) is 11.2 Å². The second-order valence-electron chi connectivity index (χ2n) is 9.14. The third kappa shape index (κ3) is 4.46. The molecular weight excluding hydrogens is 464 g/mol. The van der Waals surface area contributed by atoms with Gasteiger partial charge in [-0.1, -0.05) is 128 Å². The zero-order chi connectivity index (χ0) is 25.9. The number of furan rings is 1. The van der Waals surface area contributed by atoms with E-state index in [1.807, 2.05) is 91.9 Å². The Morgan fingerprint density at radius 3 is 1.97 bits per heavy atom. The van der Waals surface area contributed by atoms with Crippen molar-refractivity contribution in [2.75, 3.05) is 0 Å². The number of fused-ring (bicyclic) bond motifs is 3. The van der Waals surface area contributed by atoms with Crippen molar-refractivity contribution in [1.29, 1.82) is 0 Å². The molecule has 6 rings (SSSR count). The molecule has 0 aliphatic rings. The Morgan fingerprint density at radius 1 is 0.579 bits per heavy atom. The van der Waals surface area contributed by atoms with Gasteiger partial charge >= 0.3 is 0 Å². The summed E-state index contributed by atoms with van der Waals surface area (Å²) in [7, 11) is 0. The van der Waals surface area contributed by atoms with Crippen LogP contribution >= 0.6 is 0 Å². The van der Waals surface area contributed by atoms with Crippen molar-refractivity contribution in [3.8, 4) is 11.1 Å². The van der Waals surface area contributed by atoms with Gasteiger partial charge in [-0.15, -0.1) is 0 Å². The minimum absolute atomic E-state index is 0.619. The lowest BCUT2D eigenvalue weighted by molar-refractivity contribution is 0.670. The average Bonchev–Trinajstić information content (AvgIpc) is 3.36. The summed E-state index contributed by atoms with van der Waals surface area (Å²) in [6, 6.07) is 42.8. The Hall–Kier alpha value is -5.02. The molecule has 0 radical (unpaired) electrons. The van der Waals surface area contributed by atoms with Gasteiger partial charge in [0, 0.05) is 33.2 Å². The predicted molar refractivity (Wildman–Crippen MR) is 160 cm³/mol. The van der Waals surface area contributed by atoms with E-state index in [-0.39, 0.29) is 0 Å². The summed E-state index contributed by atoms with van der Waals surface area (Å²) in [6.45, 7) is 6.25. The van der Waals surface area contributed by atoms with Gasteiger partial charge in [0.15, 0.2) is 5.84 Å². The van der Waals surface area contributed by atoms with E-state index < -0.39 is 0 Å². The van der Waals surface area contributed by atoms with E-state index in [1.54, 1.807) is 0 Å². The first-order valence-electron chi connectivity index (χ1n) is 12.6. The largest absolute Gasteiger partial charge is 0.455 e. The van der Waals surface area contributed by atoms with Crippen LogP contribution in [-0.2, 0) is 0 Å². The number of para-hydroxylation sites is 2. The summed E-state index contributed by atoms with van der Waals surface area (Å²) >= 11 is 0. The molecule has 0 amide bonds. The van der Waals surface area contributed by atoms with Crippen molar-refractivity contribution in [3.05, 3.63) is 151 Å². The maximum absolute atomic E-state index is 6.35. The first kappa shape index (κ1) is 23.4. The second-order valence-corrected chi connectivity index (χ2v) is 9.14. The Balaban J connectivity index is 1.49. The minimum atomic E-state index is 0.619. The van der Waals surface area contributed by atoms with Gasteiger partial charge in [0.2, 0.25) is 0 Å². The van der Waals surface area contributed by atoms with Gasteiger partial charge in [-0.05, 0) is 24.1 Å². The Labute approximate surface area is 222 Å². The highest BCUT2D eigenvalue weighted by Crippen LogP contribution is 2.37. The molecule has 182 valence electrons. The van der Waals surface area contributed by atoms with Crippen LogP contribution in [0.4, 0.5) is 0 Å². The predicted octanol–water partition coefficient (Wildman–Crippen LogP) is 9.18. The van der Waals surface area contributed by atoms with Crippen molar-refractivity contribution in [1.82, 2.24) is 0 Å². The number of benzene rings is 5. The molecule has 5 aromatic carbocycles. The summed E-state index contributed by atoms with van der Waals surface area (Å²) in [6.07, 6.45) is 0. The molecule has 0 saturated heterocycles. The topological polar surface area (TPSA) is 37.9 Å². The summed E-state index contributed by atoms with van der Waals surface area (Å²) < 4.78 is 6.35. The van der Waals surface area contributed by atoms with Gasteiger partial charge in [-0.25, -0.2) is 9.98 Å². The Kier molecular flexibility index (Phi) is 6.25. The van der Waals surface area contributed by atoms with Gasteiger partial charge in [-0.3, -0.25) is 0 Å². The van der Waals surface area contributed by atoms with Crippen LogP contribution in [0.1, 0.15) is 23.6 Å². The molecule has 0 bridgehead atoms. The summed E-state index contributed by atoms with van der Waals surface area (Å²) in [5.41, 5.74) is 8.31. The van der Waals surface area contributed by atoms with E-state index in [0.29, 0.717) is 11.5 Å². The van der Waals surface area contributed by atoms with Gasteiger partial charge in [0.25, 0.3) is 0 Å². The van der Waals surface area contributed by atoms with Crippen LogP contribution in [0.5, 0.6) is 0 Å². The highest BCUT2D eigenvalue weighted by atomic mass is 16.3. The van der Waals surface area contributed by atoms with Crippen molar-refractivity contribution in [2.45, 2.75) is 6.92 Å². The summed E-state index contributed by atoms with van der Waals surface area (Å²) in [5.74, 6) is 0.619. The highest BCUT2D eigenvalue weighted by Gasteiger charge is 2.16. The molecule has 3 nitrogen and oxygen atoms in total. The van der Waals surface area contributed by atoms with E-state index in [4.69, 9.17) is 14.4 Å². The zero-order valence-corrected chi connectivity index (χ0v) is 21.1. The third-order valence-electron chi connectivity index (χ3n) is 6.66. The molecule has 0 N–H and O–H groups in total. The lowest BCUT2D eigenvalue weighted by Crippen LogP contribution is -2.05. The molecule has 3 heteroatoms. The standard InChI is InChI=1S/C35H26N2O/c1-24(26-14-5-3-6-15-26)36-35(27-16-7-4-8-17-27)37-25(2)28-18-9-10-19-29(28)31-21-13-22-32-30-20-11-12-23-33(30)38-34(31)32/h3-23H,1H2,2H3/b36-35-,37-25+. The van der Waals surface area contributed by atoms with E-state index in [9.17, 15) is 0 Å². The van der Waals surface area contributed by atoms with Crippen molar-refractivity contribution in [2.24, 2.45) is 9.98 Å². The van der Waals surface area contributed by atoms with Crippen LogP contribution in [0.25, 0.3) is 38.8 Å². The van der Waals surface area contributed by atoms with Crippen LogP contribution in [0.2, 0.25) is 0 Å². The molecule has 1 heterocycles. The average molecular weight is 491 g/mol. The maximum Gasteiger partial charge on any atom is 0.160 e. The normalized spacial score (nSPS) is 12.2. The first-order valence-corrected chi connectivity index (χ1v) is 12.6. The molecule has 0 saturated carbocycles. The molecule has 38 heavy (non-hydrogen) atoms. The molecular formula is C35H26N2O. The van der Waals surface area contributed by atoms with Gasteiger partial charge in [-0.2, -0.15) is 0 Å². The minimum Gasteiger partial charge on any atom is -0.455 e. The SMILES string of the molecule is C=C(/N=C(\N=C(/C)c1ccccc1-c1cccc2c1oc1ccccc12)c1ccccc1)c1ccccc1. The van der Waals surface area contributed by atoms with Crippen LogP contribution < -0.4 is 0 Å². The molecule has 6 aromatic rings. The third-order valence-corrected chi connectivity index (χ3v) is 6.66. The van der Waals surface area contributed by atoms with Crippen molar-refractivity contribution in [3.63, 3.8) is 0 Å². The van der Waals surface area contributed by atoms with Gasteiger partial charge in [0.05, 0.1) is 5.70 Å². The van der Waals surface area contributed by atoms with E-state index in [0.717, 1.165) is 55.5 Å². The molecule has 0 atom stereocenters. The Bertz CT molecular complexity index is 1830. The fourth-order valence-corrected chi connectivity index (χ4v) is 4.78. The number of hydrogen-bond acceptors (Lipinski definition) is 2. The first-order chi connectivity index (χ1) is 18.7. The molecule has 0 aliphatic carbocycles. The molecule has 0 aliphatic heterocycles. The lowest BCUT2D eigenvalue weighted by atomic mass is 9.95. The van der Waals surface area contributed by atoms with Crippen LogP contribution in [0.15, 0.2) is 148 Å². The number of nitrogens with zero attached hydrogens (tertiary/aromatic N) is 2. The lowest BCUT2D eigenvalue weighted by Gasteiger charge is -2.11. The van der Waals surface area contributed by atoms with E-state index in [1.165, 1.54) is 0 Å². The smallest absolute Gasteiger partial charge is 0.160 e. The number of amidine groups is 1. The number of rotatable bonds is 5. The maximum atomic E-state index is 6.35. The van der Waals surface area contributed by atoms with E-state index >= 15 is 0 Å². The highest BCUT2D eigenvalue weighted by molar-refractivity contribution is 6.16. The van der Waals surface area contributed by atoms with E-state index in [2.05, 4.69) is 49.0 Å². The quantitative estimate of drug-likeness (QED) is 0.175. The monoisotopic (exact) mass is 490 g/mol. The van der Waals surface area contributed by atoms with Crippen LogP contribution in [0, 0.1) is 0 Å². The summed E-state index contributed by atoms with van der Waals surface area (Å²) in [4.78, 5) is 9.95. The van der Waals surface area contributed by atoms with Crippen molar-refractivity contribution < 1.29 is 4.42 Å². The fraction of sp³-hybridized carbons (Fsp3) is 0.0286. The van der Waals surface area contributed by atoms with Gasteiger partial charge < -0.3 is 4.42 Å². The number of hydrogen-bond donors (Lipinski definition) is 0. The molecule has 0 spiro atoms. The Morgan fingerprint density at radius 2 is 1.18 bits per heavy atom. The zero-order valence-electron chi connectivity index (χ0n) is 21.1. The fourth-order valence-electron chi connectivity index (χ4n) is 4.78. The van der Waals surface area contributed by atoms with Crippen LogP contribution in [0.3, 0.4) is 0 Å². The molecule has 0 unspecified atom stereocenters. The van der Waals surface area contributed by atoms with Crippen molar-refractivity contribution >= 4 is 39.2 Å². The molecule has 0 fully saturated rings. The summed E-state index contributed by atoms with van der Waals surface area (Å²) in [5, 5.41) is 2.22. The van der Waals surface area contributed by atoms with Crippen LogP contribution in [-0.4, -0.2) is 11.5 Å². The molecule has 1 aromatic heterocycles. The second kappa shape index (κ2) is 10.2. The number of aliphatic imine (C=N–C) groups is 2.